The number of aliphatic hydroxyl groups is 1. The van der Waals surface area contributed by atoms with E-state index >= 15 is 0 Å². The number of carbonyl (C=O) groups excluding carboxylic acids is 4. The zero-order chi connectivity index (χ0) is 66.5. The van der Waals surface area contributed by atoms with Gasteiger partial charge >= 0.3 is 39.5 Å². The standard InChI is InChI=1S/C71H138O17P2/c1-7-9-11-13-15-17-18-19-20-24-27-30-36-42-48-54-69(74)82-60-66(87-70(75)55-49-43-37-31-28-25-22-21-23-26-29-33-39-45-51-63(3)4)61-85-89(77,78)83-57-65(72)58-84-90(79,80)86-62-67(59-81-68(73)53-47-41-35-16-14-12-10-8-2)88-71(76)56-50-44-38-32-34-40-46-52-64(5)6/h63-67,72H,7-62H2,1-6H3,(H,77,78)(H,79,80)/t65-,66-,67-/m1/s1. The van der Waals surface area contributed by atoms with Gasteiger partial charge in [0.25, 0.3) is 0 Å². The molecule has 0 spiro atoms. The van der Waals surface area contributed by atoms with Crippen molar-refractivity contribution in [3.63, 3.8) is 0 Å². The first-order chi connectivity index (χ1) is 43.4. The molecule has 5 atom stereocenters. The molecular formula is C71H138O17P2. The zero-order valence-corrected chi connectivity index (χ0v) is 60.2. The van der Waals surface area contributed by atoms with E-state index in [1.807, 2.05) is 0 Å². The number of ether oxygens (including phenoxy) is 4. The summed E-state index contributed by atoms with van der Waals surface area (Å²) in [5, 5.41) is 10.6. The second-order valence-corrected chi connectivity index (χ2v) is 29.5. The van der Waals surface area contributed by atoms with Gasteiger partial charge in [-0.3, -0.25) is 37.3 Å². The summed E-state index contributed by atoms with van der Waals surface area (Å²) in [5.74, 6) is -0.635. The minimum atomic E-state index is -4.95. The summed E-state index contributed by atoms with van der Waals surface area (Å²) in [6.45, 7) is 9.49. The van der Waals surface area contributed by atoms with Gasteiger partial charge in [0.05, 0.1) is 26.4 Å². The van der Waals surface area contributed by atoms with Crippen LogP contribution in [0.1, 0.15) is 363 Å². The number of unbranched alkanes of at least 4 members (excludes halogenated alkanes) is 40. The first kappa shape index (κ1) is 88.1. The summed E-state index contributed by atoms with van der Waals surface area (Å²) in [6, 6.07) is 0. The molecule has 3 N–H and O–H groups in total. The van der Waals surface area contributed by atoms with Crippen LogP contribution in [0.3, 0.4) is 0 Å². The van der Waals surface area contributed by atoms with E-state index in [4.69, 9.17) is 37.0 Å². The van der Waals surface area contributed by atoms with Crippen molar-refractivity contribution in [2.75, 3.05) is 39.6 Å². The first-order valence-corrected chi connectivity index (χ1v) is 40.0. The smallest absolute Gasteiger partial charge is 0.462 e. The van der Waals surface area contributed by atoms with Crippen LogP contribution in [0, 0.1) is 11.8 Å². The molecule has 17 nitrogen and oxygen atoms in total. The van der Waals surface area contributed by atoms with Crippen molar-refractivity contribution in [2.45, 2.75) is 381 Å². The van der Waals surface area contributed by atoms with E-state index in [0.29, 0.717) is 31.6 Å². The van der Waals surface area contributed by atoms with Crippen molar-refractivity contribution in [3.05, 3.63) is 0 Å². The molecule has 0 aliphatic heterocycles. The van der Waals surface area contributed by atoms with Gasteiger partial charge in [-0.1, -0.05) is 311 Å². The summed E-state index contributed by atoms with van der Waals surface area (Å²) in [6.07, 6.45) is 48.7. The molecule has 0 aliphatic carbocycles. The van der Waals surface area contributed by atoms with E-state index in [1.54, 1.807) is 0 Å². The fraction of sp³-hybridized carbons (Fsp3) is 0.944. The van der Waals surface area contributed by atoms with Gasteiger partial charge in [0, 0.05) is 25.7 Å². The number of phosphoric ester groups is 2. The summed E-state index contributed by atoms with van der Waals surface area (Å²) < 4.78 is 68.2. The summed E-state index contributed by atoms with van der Waals surface area (Å²) in [4.78, 5) is 72.5. The summed E-state index contributed by atoms with van der Waals surface area (Å²) in [5.41, 5.74) is 0. The molecule has 0 heterocycles. The van der Waals surface area contributed by atoms with E-state index in [1.165, 1.54) is 173 Å². The monoisotopic (exact) mass is 1320 g/mol. The average Bonchev–Trinajstić information content (AvgIpc) is 2.85. The quantitative estimate of drug-likeness (QED) is 0.0222. The summed E-state index contributed by atoms with van der Waals surface area (Å²) in [7, 11) is -9.90. The molecule has 0 saturated heterocycles. The van der Waals surface area contributed by atoms with Gasteiger partial charge in [-0.25, -0.2) is 9.13 Å². The number of aliphatic hydroxyl groups excluding tert-OH is 1. The molecule has 0 saturated carbocycles. The molecule has 19 heteroatoms. The fourth-order valence-electron chi connectivity index (χ4n) is 10.8. The van der Waals surface area contributed by atoms with Crippen LogP contribution >= 0.6 is 15.6 Å². The third-order valence-electron chi connectivity index (χ3n) is 16.5. The Balaban J connectivity index is 5.21. The Morgan fingerprint density at radius 3 is 0.756 bits per heavy atom. The third-order valence-corrected chi connectivity index (χ3v) is 18.4. The predicted molar refractivity (Wildman–Crippen MR) is 363 cm³/mol. The third kappa shape index (κ3) is 64.8. The predicted octanol–water partition coefficient (Wildman–Crippen LogP) is 20.4. The summed E-state index contributed by atoms with van der Waals surface area (Å²) >= 11 is 0. The number of phosphoric acid groups is 2. The first-order valence-electron chi connectivity index (χ1n) is 37.0. The maximum absolute atomic E-state index is 13.0. The highest BCUT2D eigenvalue weighted by Gasteiger charge is 2.30. The molecular weight excluding hydrogens is 1190 g/mol. The fourth-order valence-corrected chi connectivity index (χ4v) is 12.3. The molecule has 0 bridgehead atoms. The van der Waals surface area contributed by atoms with Crippen molar-refractivity contribution in [1.29, 1.82) is 0 Å². The topological polar surface area (TPSA) is 237 Å². The second kappa shape index (κ2) is 63.1. The maximum atomic E-state index is 13.0. The minimum Gasteiger partial charge on any atom is -0.462 e. The van der Waals surface area contributed by atoms with Gasteiger partial charge in [0.1, 0.15) is 19.3 Å². The van der Waals surface area contributed by atoms with Crippen LogP contribution < -0.4 is 0 Å². The molecule has 534 valence electrons. The number of hydrogen-bond donors (Lipinski definition) is 3. The van der Waals surface area contributed by atoms with Crippen LogP contribution in [0.2, 0.25) is 0 Å². The molecule has 0 aromatic heterocycles. The number of hydrogen-bond acceptors (Lipinski definition) is 15. The molecule has 0 fully saturated rings. The van der Waals surface area contributed by atoms with Crippen LogP contribution in [0.4, 0.5) is 0 Å². The number of esters is 4. The highest BCUT2D eigenvalue weighted by atomic mass is 31.2. The highest BCUT2D eigenvalue weighted by Crippen LogP contribution is 2.45. The Morgan fingerprint density at radius 1 is 0.300 bits per heavy atom. The second-order valence-electron chi connectivity index (χ2n) is 26.6. The lowest BCUT2D eigenvalue weighted by molar-refractivity contribution is -0.161. The Hall–Kier alpha value is -1.94. The van der Waals surface area contributed by atoms with E-state index in [0.717, 1.165) is 102 Å². The van der Waals surface area contributed by atoms with Gasteiger partial charge in [-0.15, -0.1) is 0 Å². The number of rotatable bonds is 70. The molecule has 0 amide bonds. The van der Waals surface area contributed by atoms with Gasteiger partial charge in [0.15, 0.2) is 12.2 Å². The van der Waals surface area contributed by atoms with Crippen molar-refractivity contribution in [3.8, 4) is 0 Å². The van der Waals surface area contributed by atoms with E-state index in [2.05, 4.69) is 41.5 Å². The molecule has 0 aliphatic rings. The van der Waals surface area contributed by atoms with E-state index < -0.39 is 97.5 Å². The van der Waals surface area contributed by atoms with Crippen LogP contribution in [-0.2, 0) is 65.4 Å². The SMILES string of the molecule is CCCCCCCCCCCCCCCCCC(=O)OC[C@H](COP(=O)(O)OC[C@@H](O)COP(=O)(O)OC[C@@H](COC(=O)CCCCCCCCCC)OC(=O)CCCCCCCCCC(C)C)OC(=O)CCCCCCCCCCCCCCCCC(C)C. The largest absolute Gasteiger partial charge is 0.472 e. The molecule has 0 aromatic carbocycles. The van der Waals surface area contributed by atoms with E-state index in [-0.39, 0.29) is 25.7 Å². The average molecular weight is 1330 g/mol. The highest BCUT2D eigenvalue weighted by molar-refractivity contribution is 7.47. The van der Waals surface area contributed by atoms with E-state index in [9.17, 15) is 43.2 Å². The van der Waals surface area contributed by atoms with Crippen molar-refractivity contribution in [2.24, 2.45) is 11.8 Å². The lowest BCUT2D eigenvalue weighted by atomic mass is 10.0. The van der Waals surface area contributed by atoms with Gasteiger partial charge in [0.2, 0.25) is 0 Å². The number of carbonyl (C=O) groups is 4. The molecule has 0 aromatic rings. The van der Waals surface area contributed by atoms with Gasteiger partial charge in [-0.05, 0) is 37.5 Å². The minimum absolute atomic E-state index is 0.103. The van der Waals surface area contributed by atoms with Crippen molar-refractivity contribution in [1.82, 2.24) is 0 Å². The van der Waals surface area contributed by atoms with Crippen molar-refractivity contribution >= 4 is 39.5 Å². The maximum Gasteiger partial charge on any atom is 0.472 e. The Labute approximate surface area is 549 Å². The molecule has 90 heavy (non-hydrogen) atoms. The molecule has 0 rings (SSSR count). The Morgan fingerprint density at radius 2 is 0.511 bits per heavy atom. The van der Waals surface area contributed by atoms with Crippen LogP contribution in [0.25, 0.3) is 0 Å². The van der Waals surface area contributed by atoms with Gasteiger partial charge in [-0.2, -0.15) is 0 Å². The van der Waals surface area contributed by atoms with Crippen LogP contribution in [0.15, 0.2) is 0 Å². The Bertz CT molecular complexity index is 1750. The van der Waals surface area contributed by atoms with Crippen molar-refractivity contribution < 1.29 is 80.2 Å². The Kier molecular flexibility index (Phi) is 61.8. The van der Waals surface area contributed by atoms with Crippen LogP contribution in [0.5, 0.6) is 0 Å². The van der Waals surface area contributed by atoms with Crippen LogP contribution in [-0.4, -0.2) is 96.7 Å². The molecule has 0 radical (unpaired) electrons. The normalized spacial score (nSPS) is 14.1. The van der Waals surface area contributed by atoms with Gasteiger partial charge < -0.3 is 33.8 Å². The lowest BCUT2D eigenvalue weighted by Crippen LogP contribution is -2.30. The zero-order valence-electron chi connectivity index (χ0n) is 58.4. The molecule has 2 unspecified atom stereocenters. The lowest BCUT2D eigenvalue weighted by Gasteiger charge is -2.21.